The number of rotatable bonds is 4. The quantitative estimate of drug-likeness (QED) is 0.761. The second-order valence-corrected chi connectivity index (χ2v) is 5.48. The molecule has 1 aliphatic carbocycles. The number of carbonyl (C=O) groups is 1. The van der Waals surface area contributed by atoms with Gasteiger partial charge in [0.1, 0.15) is 0 Å². The van der Waals surface area contributed by atoms with E-state index in [9.17, 15) is 9.90 Å². The second kappa shape index (κ2) is 6.15. The third-order valence-electron chi connectivity index (χ3n) is 3.60. The average molecular weight is 236 g/mol. The van der Waals surface area contributed by atoms with E-state index in [1.807, 2.05) is 6.92 Å². The van der Waals surface area contributed by atoms with Gasteiger partial charge in [-0.25, -0.2) is 0 Å². The zero-order chi connectivity index (χ0) is 13.0. The molecule has 2 nitrogen and oxygen atoms in total. The van der Waals surface area contributed by atoms with Crippen molar-refractivity contribution in [2.75, 3.05) is 0 Å². The van der Waals surface area contributed by atoms with Crippen molar-refractivity contribution in [3.8, 4) is 0 Å². The number of hydrogen-bond donors (Lipinski definition) is 1. The summed E-state index contributed by atoms with van der Waals surface area (Å²) in [4.78, 5) is 11.9. The van der Waals surface area contributed by atoms with Crippen LogP contribution in [0, 0.1) is 11.8 Å². The largest absolute Gasteiger partial charge is 0.389 e. The fraction of sp³-hybridized carbons (Fsp3) is 0.667. The van der Waals surface area contributed by atoms with Gasteiger partial charge in [0, 0.05) is 5.92 Å². The molecule has 0 fully saturated rings. The minimum atomic E-state index is -0.427. The Morgan fingerprint density at radius 3 is 2.82 bits per heavy atom. The van der Waals surface area contributed by atoms with Gasteiger partial charge in [0.15, 0.2) is 5.78 Å². The Hall–Kier alpha value is -0.890. The predicted molar refractivity (Wildman–Crippen MR) is 70.7 cm³/mol. The van der Waals surface area contributed by atoms with Crippen LogP contribution in [-0.2, 0) is 4.79 Å². The van der Waals surface area contributed by atoms with Gasteiger partial charge in [-0.3, -0.25) is 4.79 Å². The molecule has 0 radical (unpaired) electrons. The molecule has 1 N–H and O–H groups in total. The van der Waals surface area contributed by atoms with E-state index in [1.165, 1.54) is 5.57 Å². The SMILES string of the molecule is CC(C)=CCC[C@H](C)[C@H]1C[C@H](O)C(C)=CC1=O. The van der Waals surface area contributed by atoms with E-state index >= 15 is 0 Å². The zero-order valence-electron chi connectivity index (χ0n) is 11.4. The smallest absolute Gasteiger partial charge is 0.159 e. The molecule has 0 amide bonds. The van der Waals surface area contributed by atoms with E-state index in [1.54, 1.807) is 6.08 Å². The molecule has 17 heavy (non-hydrogen) atoms. The summed E-state index contributed by atoms with van der Waals surface area (Å²) < 4.78 is 0. The van der Waals surface area contributed by atoms with Gasteiger partial charge in [0.05, 0.1) is 6.10 Å². The number of carbonyl (C=O) groups excluding carboxylic acids is 1. The number of aliphatic hydroxyl groups is 1. The molecule has 2 heteroatoms. The number of hydrogen-bond acceptors (Lipinski definition) is 2. The van der Waals surface area contributed by atoms with Gasteiger partial charge in [-0.2, -0.15) is 0 Å². The van der Waals surface area contributed by atoms with Crippen molar-refractivity contribution in [1.82, 2.24) is 0 Å². The lowest BCUT2D eigenvalue weighted by atomic mass is 9.78. The number of allylic oxidation sites excluding steroid dienone is 3. The summed E-state index contributed by atoms with van der Waals surface area (Å²) in [5.41, 5.74) is 2.13. The lowest BCUT2D eigenvalue weighted by Crippen LogP contribution is -2.30. The molecule has 0 heterocycles. The van der Waals surface area contributed by atoms with Gasteiger partial charge >= 0.3 is 0 Å². The number of ketones is 1. The van der Waals surface area contributed by atoms with Crippen LogP contribution in [0.15, 0.2) is 23.3 Å². The molecule has 0 aromatic heterocycles. The van der Waals surface area contributed by atoms with Crippen LogP contribution in [0.2, 0.25) is 0 Å². The molecule has 3 atom stereocenters. The van der Waals surface area contributed by atoms with Gasteiger partial charge in [0.25, 0.3) is 0 Å². The van der Waals surface area contributed by atoms with Gasteiger partial charge in [-0.1, -0.05) is 18.6 Å². The first-order valence-electron chi connectivity index (χ1n) is 6.45. The van der Waals surface area contributed by atoms with Crippen molar-refractivity contribution in [3.63, 3.8) is 0 Å². The number of aliphatic hydroxyl groups excluding tert-OH is 1. The highest BCUT2D eigenvalue weighted by atomic mass is 16.3. The molecule has 96 valence electrons. The molecule has 0 aliphatic heterocycles. The van der Waals surface area contributed by atoms with E-state index in [0.717, 1.165) is 18.4 Å². The Labute approximate surface area is 104 Å². The summed E-state index contributed by atoms with van der Waals surface area (Å²) in [6.45, 7) is 8.12. The van der Waals surface area contributed by atoms with Crippen LogP contribution in [0.1, 0.15) is 47.0 Å². The Balaban J connectivity index is 2.55. The van der Waals surface area contributed by atoms with Crippen LogP contribution in [0.3, 0.4) is 0 Å². The highest BCUT2D eigenvalue weighted by Gasteiger charge is 2.30. The molecule has 1 aliphatic rings. The Morgan fingerprint density at radius 2 is 2.24 bits per heavy atom. The molecule has 0 saturated heterocycles. The van der Waals surface area contributed by atoms with Crippen LogP contribution in [0.4, 0.5) is 0 Å². The van der Waals surface area contributed by atoms with Gasteiger partial charge in [0.2, 0.25) is 0 Å². The van der Waals surface area contributed by atoms with Crippen molar-refractivity contribution in [2.24, 2.45) is 11.8 Å². The fourth-order valence-corrected chi connectivity index (χ4v) is 2.32. The summed E-state index contributed by atoms with van der Waals surface area (Å²) >= 11 is 0. The minimum absolute atomic E-state index is 0.000683. The second-order valence-electron chi connectivity index (χ2n) is 5.48. The fourth-order valence-electron chi connectivity index (χ4n) is 2.32. The maximum atomic E-state index is 11.9. The summed E-state index contributed by atoms with van der Waals surface area (Å²) in [6, 6.07) is 0. The van der Waals surface area contributed by atoms with Crippen molar-refractivity contribution in [1.29, 1.82) is 0 Å². The van der Waals surface area contributed by atoms with Crippen molar-refractivity contribution >= 4 is 5.78 Å². The van der Waals surface area contributed by atoms with Crippen LogP contribution < -0.4 is 0 Å². The first-order chi connectivity index (χ1) is 7.91. The van der Waals surface area contributed by atoms with Crippen molar-refractivity contribution in [3.05, 3.63) is 23.3 Å². The zero-order valence-corrected chi connectivity index (χ0v) is 11.4. The highest BCUT2D eigenvalue weighted by Crippen LogP contribution is 2.29. The molecular formula is C15H24O2. The molecule has 0 unspecified atom stereocenters. The molecule has 0 saturated carbocycles. The van der Waals surface area contributed by atoms with Crippen LogP contribution in [0.25, 0.3) is 0 Å². The van der Waals surface area contributed by atoms with Crippen molar-refractivity contribution in [2.45, 2.75) is 53.1 Å². The van der Waals surface area contributed by atoms with E-state index in [2.05, 4.69) is 26.8 Å². The lowest BCUT2D eigenvalue weighted by Gasteiger charge is -2.28. The standard InChI is InChI=1S/C15H24O2/c1-10(2)6-5-7-11(3)13-9-14(16)12(4)8-15(13)17/h6,8,11,13-14,16H,5,7,9H2,1-4H3/t11-,13+,14-/m0/s1. The molecular weight excluding hydrogens is 212 g/mol. The highest BCUT2D eigenvalue weighted by molar-refractivity contribution is 5.93. The third-order valence-corrected chi connectivity index (χ3v) is 3.60. The monoisotopic (exact) mass is 236 g/mol. The van der Waals surface area contributed by atoms with Gasteiger partial charge in [-0.15, -0.1) is 0 Å². The van der Waals surface area contributed by atoms with Crippen LogP contribution >= 0.6 is 0 Å². The van der Waals surface area contributed by atoms with Crippen LogP contribution in [-0.4, -0.2) is 17.0 Å². The third kappa shape index (κ3) is 4.12. The topological polar surface area (TPSA) is 37.3 Å². The summed E-state index contributed by atoms with van der Waals surface area (Å²) in [6.07, 6.45) is 6.03. The maximum Gasteiger partial charge on any atom is 0.159 e. The summed E-state index contributed by atoms with van der Waals surface area (Å²) in [5, 5.41) is 9.80. The lowest BCUT2D eigenvalue weighted by molar-refractivity contribution is -0.121. The van der Waals surface area contributed by atoms with Crippen molar-refractivity contribution < 1.29 is 9.90 Å². The van der Waals surface area contributed by atoms with E-state index in [-0.39, 0.29) is 11.7 Å². The Kier molecular flexibility index (Phi) is 5.13. The van der Waals surface area contributed by atoms with E-state index < -0.39 is 6.10 Å². The average Bonchev–Trinajstić information content (AvgIpc) is 2.22. The maximum absolute atomic E-state index is 11.9. The minimum Gasteiger partial charge on any atom is -0.389 e. The first-order valence-corrected chi connectivity index (χ1v) is 6.45. The Bertz CT molecular complexity index is 335. The van der Waals surface area contributed by atoms with Crippen LogP contribution in [0.5, 0.6) is 0 Å². The Morgan fingerprint density at radius 1 is 1.59 bits per heavy atom. The molecule has 0 aromatic carbocycles. The molecule has 0 spiro atoms. The summed E-state index contributed by atoms with van der Waals surface area (Å²) in [5.74, 6) is 0.536. The van der Waals surface area contributed by atoms with Gasteiger partial charge in [-0.05, 0) is 57.6 Å². The molecule has 1 rings (SSSR count). The molecule has 0 bridgehead atoms. The summed E-state index contributed by atoms with van der Waals surface area (Å²) in [7, 11) is 0. The molecule has 0 aromatic rings. The predicted octanol–water partition coefficient (Wildman–Crippen LogP) is 3.27. The van der Waals surface area contributed by atoms with E-state index in [0.29, 0.717) is 12.3 Å². The normalized spacial score (nSPS) is 26.4. The first kappa shape index (κ1) is 14.2. The van der Waals surface area contributed by atoms with E-state index in [4.69, 9.17) is 0 Å². The van der Waals surface area contributed by atoms with Gasteiger partial charge < -0.3 is 5.11 Å².